The molecule has 4 nitrogen and oxygen atoms in total. The van der Waals surface area contributed by atoms with Gasteiger partial charge in [0.2, 0.25) is 11.4 Å². The maximum atomic E-state index is 10.0. The van der Waals surface area contributed by atoms with Crippen molar-refractivity contribution in [3.8, 4) is 22.5 Å². The van der Waals surface area contributed by atoms with Crippen LogP contribution in [0.15, 0.2) is 78.8 Å². The number of pyridine rings is 2. The van der Waals surface area contributed by atoms with Gasteiger partial charge in [-0.25, -0.2) is 0 Å². The first-order chi connectivity index (χ1) is 17.5. The highest BCUT2D eigenvalue weighted by Gasteiger charge is 2.33. The van der Waals surface area contributed by atoms with E-state index in [2.05, 4.69) is 92.2 Å². The number of aliphatic hydroxyl groups excluding tert-OH is 1. The Bertz CT molecular complexity index is 1690. The van der Waals surface area contributed by atoms with E-state index in [1.54, 1.807) is 7.11 Å². The third-order valence-corrected chi connectivity index (χ3v) is 7.45. The Morgan fingerprint density at radius 2 is 1.75 bits per heavy atom. The van der Waals surface area contributed by atoms with Gasteiger partial charge in [0.25, 0.3) is 0 Å². The summed E-state index contributed by atoms with van der Waals surface area (Å²) in [5, 5.41) is 14.6. The van der Waals surface area contributed by atoms with E-state index < -0.39 is 0 Å². The first-order valence-corrected chi connectivity index (χ1v) is 12.3. The van der Waals surface area contributed by atoms with Gasteiger partial charge >= 0.3 is 0 Å². The molecule has 0 radical (unpaired) electrons. The van der Waals surface area contributed by atoms with Crippen molar-refractivity contribution in [3.63, 3.8) is 0 Å². The van der Waals surface area contributed by atoms with Gasteiger partial charge in [-0.3, -0.25) is 4.98 Å². The molecule has 0 saturated carbocycles. The molecule has 3 heterocycles. The van der Waals surface area contributed by atoms with Crippen molar-refractivity contribution >= 4 is 27.2 Å². The average molecular weight is 474 g/mol. The summed E-state index contributed by atoms with van der Waals surface area (Å²) in [4.78, 5) is 4.92. The van der Waals surface area contributed by atoms with Crippen LogP contribution in [0.5, 0.6) is 0 Å². The smallest absolute Gasteiger partial charge is 0.232 e. The van der Waals surface area contributed by atoms with Gasteiger partial charge in [0.1, 0.15) is 6.61 Å². The predicted molar refractivity (Wildman–Crippen MR) is 146 cm³/mol. The standard InChI is InChI=1S/C32H29N2O2/c1-19-8-10-24-23(14-19)16-29(30(18-35)36-4)34-13-12-25-26(32(24)34)11-9-22-15-28(33-17-27(22)25)31-20(2)6-5-7-21(31)3/h5-15,17,35H,16,18H2,1-4H3/q+1/b30-29+. The molecule has 3 aromatic carbocycles. The summed E-state index contributed by atoms with van der Waals surface area (Å²) in [7, 11) is 1.62. The van der Waals surface area contributed by atoms with Crippen molar-refractivity contribution in [1.29, 1.82) is 0 Å². The fourth-order valence-corrected chi connectivity index (χ4v) is 5.71. The minimum atomic E-state index is -0.139. The molecule has 0 fully saturated rings. The summed E-state index contributed by atoms with van der Waals surface area (Å²) >= 11 is 0. The highest BCUT2D eigenvalue weighted by Crippen LogP contribution is 2.38. The number of nitrogens with zero attached hydrogens (tertiary/aromatic N) is 2. The Morgan fingerprint density at radius 1 is 0.944 bits per heavy atom. The topological polar surface area (TPSA) is 46.2 Å². The van der Waals surface area contributed by atoms with E-state index in [-0.39, 0.29) is 6.61 Å². The number of allylic oxidation sites excluding steroid dienone is 1. The number of aryl methyl sites for hydroxylation is 3. The normalized spacial score (nSPS) is 14.0. The first kappa shape index (κ1) is 22.4. The lowest BCUT2D eigenvalue weighted by Gasteiger charge is -2.20. The van der Waals surface area contributed by atoms with Crippen LogP contribution in [0.4, 0.5) is 0 Å². The summed E-state index contributed by atoms with van der Waals surface area (Å²) in [5.74, 6) is 0.591. The maximum Gasteiger partial charge on any atom is 0.232 e. The second-order valence-corrected chi connectivity index (χ2v) is 9.69. The van der Waals surface area contributed by atoms with E-state index in [4.69, 9.17) is 9.72 Å². The number of ether oxygens (including phenoxy) is 1. The number of fused-ring (bicyclic) bond motifs is 7. The van der Waals surface area contributed by atoms with E-state index in [9.17, 15) is 5.11 Å². The number of hydrogen-bond donors (Lipinski definition) is 1. The Hall–Kier alpha value is -4.02. The predicted octanol–water partition coefficient (Wildman–Crippen LogP) is 6.30. The van der Waals surface area contributed by atoms with Crippen molar-refractivity contribution in [2.45, 2.75) is 27.2 Å². The van der Waals surface area contributed by atoms with Gasteiger partial charge in [-0.05, 0) is 61.0 Å². The van der Waals surface area contributed by atoms with Gasteiger partial charge in [-0.15, -0.1) is 0 Å². The van der Waals surface area contributed by atoms with Crippen LogP contribution >= 0.6 is 0 Å². The summed E-state index contributed by atoms with van der Waals surface area (Å²) in [6.07, 6.45) is 4.82. The number of methoxy groups -OCH3 is 1. The zero-order chi connectivity index (χ0) is 25.0. The molecule has 0 spiro atoms. The summed E-state index contributed by atoms with van der Waals surface area (Å²) in [6.45, 7) is 6.26. The second kappa shape index (κ2) is 8.58. The molecule has 178 valence electrons. The van der Waals surface area contributed by atoms with Crippen molar-refractivity contribution in [2.24, 2.45) is 0 Å². The number of aliphatic hydroxyl groups is 1. The van der Waals surface area contributed by atoms with E-state index >= 15 is 0 Å². The minimum absolute atomic E-state index is 0.139. The molecule has 1 aliphatic rings. The van der Waals surface area contributed by atoms with Gasteiger partial charge in [0.15, 0.2) is 12.0 Å². The SMILES string of the molecule is CO/C(CO)=C1\Cc2cc(C)ccc2-c2c3ccc4cc(-c5c(C)cccc5C)ncc4c3cc[n+]21. The zero-order valence-electron chi connectivity index (χ0n) is 21.1. The Kier molecular flexibility index (Phi) is 5.35. The molecule has 1 aliphatic heterocycles. The van der Waals surface area contributed by atoms with Crippen molar-refractivity contribution in [3.05, 3.63) is 101 Å². The minimum Gasteiger partial charge on any atom is -0.493 e. The van der Waals surface area contributed by atoms with Crippen LogP contribution in [0.2, 0.25) is 0 Å². The number of rotatable bonds is 3. The van der Waals surface area contributed by atoms with Crippen molar-refractivity contribution in [2.75, 3.05) is 13.7 Å². The molecule has 0 amide bonds. The molecule has 0 atom stereocenters. The van der Waals surface area contributed by atoms with E-state index in [1.807, 2.05) is 6.20 Å². The summed E-state index contributed by atoms with van der Waals surface area (Å²) in [6, 6.07) is 21.8. The maximum absolute atomic E-state index is 10.0. The van der Waals surface area contributed by atoms with Crippen LogP contribution in [0.3, 0.4) is 0 Å². The van der Waals surface area contributed by atoms with Gasteiger partial charge in [-0.2, -0.15) is 4.57 Å². The molecule has 0 bridgehead atoms. The first-order valence-electron chi connectivity index (χ1n) is 12.3. The quantitative estimate of drug-likeness (QED) is 0.190. The van der Waals surface area contributed by atoms with E-state index in [0.29, 0.717) is 12.2 Å². The lowest BCUT2D eigenvalue weighted by atomic mass is 9.89. The second-order valence-electron chi connectivity index (χ2n) is 9.69. The van der Waals surface area contributed by atoms with Crippen LogP contribution in [0.1, 0.15) is 22.3 Å². The molecular formula is C32H29N2O2+. The number of aromatic nitrogens is 2. The number of hydrogen-bond acceptors (Lipinski definition) is 3. The summed E-state index contributed by atoms with van der Waals surface area (Å²) < 4.78 is 7.78. The van der Waals surface area contributed by atoms with Gasteiger partial charge < -0.3 is 9.84 Å². The lowest BCUT2D eigenvalue weighted by Crippen LogP contribution is -2.40. The highest BCUT2D eigenvalue weighted by atomic mass is 16.5. The van der Waals surface area contributed by atoms with Crippen LogP contribution in [0.25, 0.3) is 49.8 Å². The fourth-order valence-electron chi connectivity index (χ4n) is 5.71. The fraction of sp³-hybridized carbons (Fsp3) is 0.188. The molecule has 2 aromatic heterocycles. The zero-order valence-corrected chi connectivity index (χ0v) is 21.1. The van der Waals surface area contributed by atoms with Crippen LogP contribution in [0, 0.1) is 20.8 Å². The molecular weight excluding hydrogens is 444 g/mol. The third-order valence-electron chi connectivity index (χ3n) is 7.45. The molecule has 4 heteroatoms. The van der Waals surface area contributed by atoms with E-state index in [1.165, 1.54) is 38.8 Å². The molecule has 0 aliphatic carbocycles. The molecule has 5 aromatic rings. The van der Waals surface area contributed by atoms with E-state index in [0.717, 1.165) is 33.2 Å². The monoisotopic (exact) mass is 473 g/mol. The van der Waals surface area contributed by atoms with Crippen LogP contribution in [-0.4, -0.2) is 23.8 Å². The molecule has 6 rings (SSSR count). The molecule has 1 N–H and O–H groups in total. The summed E-state index contributed by atoms with van der Waals surface area (Å²) in [5.41, 5.74) is 10.4. The molecule has 0 unspecified atom stereocenters. The Balaban J connectivity index is 1.64. The van der Waals surface area contributed by atoms with Gasteiger partial charge in [0.05, 0.1) is 30.2 Å². The lowest BCUT2D eigenvalue weighted by molar-refractivity contribution is -0.572. The van der Waals surface area contributed by atoms with Crippen LogP contribution in [-0.2, 0) is 11.2 Å². The Morgan fingerprint density at radius 3 is 2.50 bits per heavy atom. The highest BCUT2D eigenvalue weighted by molar-refractivity contribution is 6.11. The molecule has 36 heavy (non-hydrogen) atoms. The average Bonchev–Trinajstić information content (AvgIpc) is 2.88. The largest absolute Gasteiger partial charge is 0.493 e. The van der Waals surface area contributed by atoms with Crippen LogP contribution < -0.4 is 4.57 Å². The van der Waals surface area contributed by atoms with Gasteiger partial charge in [0, 0.05) is 28.6 Å². The van der Waals surface area contributed by atoms with Crippen molar-refractivity contribution < 1.29 is 14.4 Å². The molecule has 0 saturated heterocycles. The van der Waals surface area contributed by atoms with Crippen molar-refractivity contribution in [1.82, 2.24) is 4.98 Å². The number of benzene rings is 3. The Labute approximate surface area is 211 Å². The third kappa shape index (κ3) is 3.41. The van der Waals surface area contributed by atoms with Gasteiger partial charge in [-0.1, -0.05) is 42.0 Å².